The van der Waals surface area contributed by atoms with Crippen molar-refractivity contribution in [2.45, 2.75) is 39.0 Å². The van der Waals surface area contributed by atoms with Gasteiger partial charge in [-0.3, -0.25) is 0 Å². The zero-order valence-corrected chi connectivity index (χ0v) is 10.2. The number of amides is 2. The van der Waals surface area contributed by atoms with E-state index in [0.29, 0.717) is 18.9 Å². The molecule has 2 atom stereocenters. The highest BCUT2D eigenvalue weighted by molar-refractivity contribution is 5.73. The van der Waals surface area contributed by atoms with Crippen LogP contribution in [0.25, 0.3) is 0 Å². The fourth-order valence-corrected chi connectivity index (χ4v) is 2.33. The molecule has 1 aliphatic rings. The Labute approximate surface area is 97.8 Å². The lowest BCUT2D eigenvalue weighted by Crippen LogP contribution is -2.39. The summed E-state index contributed by atoms with van der Waals surface area (Å²) in [6.07, 6.45) is 5.71. The second-order valence-electron chi connectivity index (χ2n) is 4.85. The highest BCUT2D eigenvalue weighted by atomic mass is 16.3. The van der Waals surface area contributed by atoms with Crippen molar-refractivity contribution in [3.8, 4) is 0 Å². The maximum atomic E-state index is 11.3. The minimum Gasteiger partial charge on any atom is -0.396 e. The molecule has 0 bridgehead atoms. The Kier molecular flexibility index (Phi) is 6.23. The molecule has 94 valence electrons. The Morgan fingerprint density at radius 1 is 1.38 bits per heavy atom. The van der Waals surface area contributed by atoms with Crippen molar-refractivity contribution in [2.75, 3.05) is 19.7 Å². The van der Waals surface area contributed by atoms with Gasteiger partial charge in [-0.15, -0.1) is 0 Å². The lowest BCUT2D eigenvalue weighted by atomic mass is 9.82. The smallest absolute Gasteiger partial charge is 0.314 e. The first-order valence-corrected chi connectivity index (χ1v) is 6.35. The van der Waals surface area contributed by atoms with Gasteiger partial charge < -0.3 is 15.7 Å². The highest BCUT2D eigenvalue weighted by Gasteiger charge is 2.18. The first-order valence-electron chi connectivity index (χ1n) is 6.35. The Bertz CT molecular complexity index is 209. The van der Waals surface area contributed by atoms with E-state index in [9.17, 15) is 4.79 Å². The first kappa shape index (κ1) is 13.3. The van der Waals surface area contributed by atoms with Gasteiger partial charge in [0.05, 0.1) is 0 Å². The van der Waals surface area contributed by atoms with E-state index in [0.717, 1.165) is 12.5 Å². The average Bonchev–Trinajstić information content (AvgIpc) is 2.27. The van der Waals surface area contributed by atoms with E-state index in [2.05, 4.69) is 17.6 Å². The third-order valence-corrected chi connectivity index (χ3v) is 3.22. The Morgan fingerprint density at radius 2 is 2.19 bits per heavy atom. The molecule has 2 amide bonds. The van der Waals surface area contributed by atoms with E-state index in [1.54, 1.807) is 0 Å². The quantitative estimate of drug-likeness (QED) is 0.624. The Balaban J connectivity index is 2.06. The van der Waals surface area contributed by atoms with Crippen LogP contribution in [0.4, 0.5) is 4.79 Å². The van der Waals surface area contributed by atoms with Crippen molar-refractivity contribution in [3.05, 3.63) is 0 Å². The summed E-state index contributed by atoms with van der Waals surface area (Å²) in [6, 6.07) is -0.105. The molecule has 0 saturated heterocycles. The van der Waals surface area contributed by atoms with Gasteiger partial charge in [-0.05, 0) is 31.1 Å². The predicted molar refractivity (Wildman–Crippen MR) is 64.2 cm³/mol. The first-order chi connectivity index (χ1) is 7.72. The summed E-state index contributed by atoms with van der Waals surface area (Å²) in [7, 11) is 0. The maximum Gasteiger partial charge on any atom is 0.314 e. The maximum absolute atomic E-state index is 11.3. The number of aliphatic hydroxyl groups is 1. The monoisotopic (exact) mass is 228 g/mol. The van der Waals surface area contributed by atoms with Gasteiger partial charge in [-0.1, -0.05) is 19.8 Å². The van der Waals surface area contributed by atoms with Gasteiger partial charge in [-0.25, -0.2) is 4.79 Å². The second kappa shape index (κ2) is 7.49. The zero-order chi connectivity index (χ0) is 11.8. The summed E-state index contributed by atoms with van der Waals surface area (Å²) >= 11 is 0. The van der Waals surface area contributed by atoms with Crippen molar-refractivity contribution < 1.29 is 9.90 Å². The van der Waals surface area contributed by atoms with Crippen molar-refractivity contribution in [1.82, 2.24) is 10.6 Å². The molecule has 1 rings (SSSR count). The van der Waals surface area contributed by atoms with Crippen LogP contribution in [0.1, 0.15) is 39.0 Å². The van der Waals surface area contributed by atoms with Crippen LogP contribution in [0, 0.1) is 11.8 Å². The van der Waals surface area contributed by atoms with E-state index in [4.69, 9.17) is 5.11 Å². The molecule has 2 unspecified atom stereocenters. The lowest BCUT2D eigenvalue weighted by molar-refractivity contribution is 0.229. The number of urea groups is 1. The van der Waals surface area contributed by atoms with E-state index >= 15 is 0 Å². The molecule has 16 heavy (non-hydrogen) atoms. The standard InChI is InChI=1S/C12H24N2O2/c1-10-4-2-5-11(8-10)9-14-12(16)13-6-3-7-15/h10-11,15H,2-9H2,1H3,(H2,13,14,16). The summed E-state index contributed by atoms with van der Waals surface area (Å²) in [4.78, 5) is 11.3. The van der Waals surface area contributed by atoms with Crippen molar-refractivity contribution in [2.24, 2.45) is 11.8 Å². The third-order valence-electron chi connectivity index (χ3n) is 3.22. The van der Waals surface area contributed by atoms with Gasteiger partial charge in [0.25, 0.3) is 0 Å². The van der Waals surface area contributed by atoms with Crippen LogP contribution in [-0.4, -0.2) is 30.8 Å². The van der Waals surface area contributed by atoms with Gasteiger partial charge in [0.1, 0.15) is 0 Å². The predicted octanol–water partition coefficient (Wildman–Crippen LogP) is 1.49. The molecule has 1 saturated carbocycles. The molecule has 4 heteroatoms. The van der Waals surface area contributed by atoms with Crippen LogP contribution in [0.15, 0.2) is 0 Å². The fourth-order valence-electron chi connectivity index (χ4n) is 2.33. The molecule has 0 aromatic rings. The highest BCUT2D eigenvalue weighted by Crippen LogP contribution is 2.27. The van der Waals surface area contributed by atoms with Crippen LogP contribution >= 0.6 is 0 Å². The van der Waals surface area contributed by atoms with Crippen molar-refractivity contribution in [1.29, 1.82) is 0 Å². The van der Waals surface area contributed by atoms with Gasteiger partial charge >= 0.3 is 6.03 Å². The minimum absolute atomic E-state index is 0.105. The largest absolute Gasteiger partial charge is 0.396 e. The molecular formula is C12H24N2O2. The summed E-state index contributed by atoms with van der Waals surface area (Å²) < 4.78 is 0. The molecule has 3 N–H and O–H groups in total. The van der Waals surface area contributed by atoms with E-state index in [1.165, 1.54) is 25.7 Å². The zero-order valence-electron chi connectivity index (χ0n) is 10.2. The molecular weight excluding hydrogens is 204 g/mol. The summed E-state index contributed by atoms with van der Waals surface area (Å²) in [6.45, 7) is 3.74. The minimum atomic E-state index is -0.105. The van der Waals surface area contributed by atoms with Crippen molar-refractivity contribution in [3.63, 3.8) is 0 Å². The average molecular weight is 228 g/mol. The topological polar surface area (TPSA) is 61.4 Å². The molecule has 0 radical (unpaired) electrons. The lowest BCUT2D eigenvalue weighted by Gasteiger charge is -2.26. The molecule has 0 spiro atoms. The van der Waals surface area contributed by atoms with Crippen LogP contribution in [-0.2, 0) is 0 Å². The van der Waals surface area contributed by atoms with Gasteiger partial charge in [-0.2, -0.15) is 0 Å². The molecule has 1 aliphatic carbocycles. The molecule has 0 heterocycles. The molecule has 0 aromatic carbocycles. The number of carbonyl (C=O) groups is 1. The fraction of sp³-hybridized carbons (Fsp3) is 0.917. The van der Waals surface area contributed by atoms with Crippen LogP contribution in [0.3, 0.4) is 0 Å². The Hall–Kier alpha value is -0.770. The molecule has 1 fully saturated rings. The van der Waals surface area contributed by atoms with Crippen LogP contribution < -0.4 is 10.6 Å². The normalized spacial score (nSPS) is 25.1. The van der Waals surface area contributed by atoms with Gasteiger partial charge in [0.15, 0.2) is 0 Å². The second-order valence-corrected chi connectivity index (χ2v) is 4.85. The van der Waals surface area contributed by atoms with E-state index < -0.39 is 0 Å². The summed E-state index contributed by atoms with van der Waals surface area (Å²) in [5, 5.41) is 14.2. The molecule has 0 aliphatic heterocycles. The van der Waals surface area contributed by atoms with Gasteiger partial charge in [0.2, 0.25) is 0 Å². The van der Waals surface area contributed by atoms with Gasteiger partial charge in [0, 0.05) is 19.7 Å². The van der Waals surface area contributed by atoms with E-state index in [1.807, 2.05) is 0 Å². The number of aliphatic hydroxyl groups excluding tert-OH is 1. The van der Waals surface area contributed by atoms with Crippen LogP contribution in [0.2, 0.25) is 0 Å². The SMILES string of the molecule is CC1CCCC(CNC(=O)NCCCO)C1. The molecule has 0 aromatic heterocycles. The summed E-state index contributed by atoms with van der Waals surface area (Å²) in [5.74, 6) is 1.45. The number of nitrogens with one attached hydrogen (secondary N) is 2. The number of hydrogen-bond acceptors (Lipinski definition) is 2. The van der Waals surface area contributed by atoms with Crippen LogP contribution in [0.5, 0.6) is 0 Å². The number of carbonyl (C=O) groups excluding carboxylic acids is 1. The summed E-state index contributed by atoms with van der Waals surface area (Å²) in [5.41, 5.74) is 0. The van der Waals surface area contributed by atoms with Crippen molar-refractivity contribution >= 4 is 6.03 Å². The Morgan fingerprint density at radius 3 is 2.88 bits per heavy atom. The third kappa shape index (κ3) is 5.35. The number of hydrogen-bond donors (Lipinski definition) is 3. The number of rotatable bonds is 5. The van der Waals surface area contributed by atoms with E-state index in [-0.39, 0.29) is 12.6 Å². The molecule has 4 nitrogen and oxygen atoms in total.